The zero-order chi connectivity index (χ0) is 16.8. The van der Waals surface area contributed by atoms with E-state index in [-0.39, 0.29) is 11.2 Å². The van der Waals surface area contributed by atoms with Crippen molar-refractivity contribution in [2.75, 3.05) is 0 Å². The number of nitro benzene ring substituents is 1. The lowest BCUT2D eigenvalue weighted by Gasteiger charge is -1.93. The van der Waals surface area contributed by atoms with Gasteiger partial charge in [-0.2, -0.15) is 0 Å². The quantitative estimate of drug-likeness (QED) is 0.416. The zero-order valence-electron chi connectivity index (χ0n) is 12.6. The molecular formula is C17H11N3O3S. The summed E-state index contributed by atoms with van der Waals surface area (Å²) >= 11 is 1.28. The molecule has 2 aromatic heterocycles. The maximum absolute atomic E-state index is 12.7. The van der Waals surface area contributed by atoms with Gasteiger partial charge in [0.1, 0.15) is 0 Å². The largest absolute Gasteiger partial charge is 0.274 e. The molecule has 0 amide bonds. The predicted octanol–water partition coefficient (Wildman–Crippen LogP) is 2.67. The summed E-state index contributed by atoms with van der Waals surface area (Å²) in [7, 11) is 0. The fourth-order valence-electron chi connectivity index (χ4n) is 2.58. The van der Waals surface area contributed by atoms with Crippen molar-refractivity contribution in [1.29, 1.82) is 0 Å². The fourth-order valence-corrected chi connectivity index (χ4v) is 3.56. The number of aromatic nitrogens is 2. The molecule has 0 aliphatic heterocycles. The van der Waals surface area contributed by atoms with Crippen molar-refractivity contribution in [2.24, 2.45) is 0 Å². The molecule has 2 heterocycles. The van der Waals surface area contributed by atoms with Crippen LogP contribution in [0.1, 0.15) is 11.1 Å². The molecule has 6 nitrogen and oxygen atoms in total. The third-order valence-corrected chi connectivity index (χ3v) is 4.78. The standard InChI is InChI=1S/C17H11N3O3S/c1-10-2-4-11(5-3-10)8-15-16(21)19-14-9-12(20(22)23)6-7-13(14)18-17(19)24-15/h2-9H,1H3/b15-8-. The lowest BCUT2D eigenvalue weighted by molar-refractivity contribution is -0.384. The van der Waals surface area contributed by atoms with E-state index in [2.05, 4.69) is 4.98 Å². The van der Waals surface area contributed by atoms with Gasteiger partial charge in [-0.15, -0.1) is 0 Å². The Morgan fingerprint density at radius 2 is 1.96 bits per heavy atom. The molecule has 0 saturated heterocycles. The minimum atomic E-state index is -0.477. The van der Waals surface area contributed by atoms with Crippen LogP contribution in [-0.2, 0) is 0 Å². The molecule has 7 heteroatoms. The summed E-state index contributed by atoms with van der Waals surface area (Å²) < 4.78 is 1.99. The summed E-state index contributed by atoms with van der Waals surface area (Å²) in [5, 5.41) is 11.0. The van der Waals surface area contributed by atoms with Crippen LogP contribution < -0.4 is 10.1 Å². The summed E-state index contributed by atoms with van der Waals surface area (Å²) in [6.45, 7) is 2.00. The van der Waals surface area contributed by atoms with Crippen molar-refractivity contribution in [3.05, 3.63) is 78.6 Å². The molecule has 4 aromatic rings. The minimum absolute atomic E-state index is 0.0565. The first-order chi connectivity index (χ1) is 11.5. The molecule has 0 aliphatic rings. The van der Waals surface area contributed by atoms with Gasteiger partial charge in [-0.05, 0) is 24.6 Å². The topological polar surface area (TPSA) is 77.5 Å². The summed E-state index contributed by atoms with van der Waals surface area (Å²) in [5.41, 5.74) is 2.85. The normalized spacial score (nSPS) is 12.3. The third kappa shape index (κ3) is 2.26. The third-order valence-electron chi connectivity index (χ3n) is 3.81. The van der Waals surface area contributed by atoms with Gasteiger partial charge in [-0.25, -0.2) is 9.38 Å². The molecule has 24 heavy (non-hydrogen) atoms. The van der Waals surface area contributed by atoms with Crippen LogP contribution in [0.3, 0.4) is 0 Å². The predicted molar refractivity (Wildman–Crippen MR) is 93.5 cm³/mol. The number of imidazole rings is 1. The van der Waals surface area contributed by atoms with E-state index in [1.165, 1.54) is 27.9 Å². The highest BCUT2D eigenvalue weighted by molar-refractivity contribution is 7.15. The van der Waals surface area contributed by atoms with E-state index in [1.54, 1.807) is 6.07 Å². The minimum Gasteiger partial charge on any atom is -0.267 e. The van der Waals surface area contributed by atoms with Gasteiger partial charge in [0.05, 0.1) is 20.5 Å². The fraction of sp³-hybridized carbons (Fsp3) is 0.0588. The Morgan fingerprint density at radius 1 is 1.21 bits per heavy atom. The van der Waals surface area contributed by atoms with Gasteiger partial charge in [0.25, 0.3) is 11.2 Å². The van der Waals surface area contributed by atoms with Gasteiger partial charge >= 0.3 is 0 Å². The van der Waals surface area contributed by atoms with E-state index in [0.717, 1.165) is 11.1 Å². The SMILES string of the molecule is Cc1ccc(/C=c2\sc3nc4ccc([N+](=O)[O-])cc4n3c2=O)cc1. The van der Waals surface area contributed by atoms with Crippen molar-refractivity contribution in [2.45, 2.75) is 6.92 Å². The molecule has 0 radical (unpaired) electrons. The van der Waals surface area contributed by atoms with Crippen molar-refractivity contribution in [3.63, 3.8) is 0 Å². The van der Waals surface area contributed by atoms with E-state index in [1.807, 2.05) is 37.3 Å². The van der Waals surface area contributed by atoms with E-state index in [9.17, 15) is 14.9 Å². The summed E-state index contributed by atoms with van der Waals surface area (Å²) in [6, 6.07) is 12.2. The van der Waals surface area contributed by atoms with Gasteiger partial charge in [0, 0.05) is 12.1 Å². The van der Waals surface area contributed by atoms with E-state index < -0.39 is 4.92 Å². The number of nitro groups is 1. The van der Waals surface area contributed by atoms with Crippen molar-refractivity contribution >= 4 is 39.1 Å². The maximum atomic E-state index is 12.7. The molecule has 0 unspecified atom stereocenters. The first-order valence-electron chi connectivity index (χ1n) is 7.21. The van der Waals surface area contributed by atoms with E-state index >= 15 is 0 Å². The molecule has 0 bridgehead atoms. The molecule has 0 N–H and O–H groups in total. The Labute approximate surface area is 139 Å². The van der Waals surface area contributed by atoms with Crippen LogP contribution in [0.2, 0.25) is 0 Å². The second-order valence-corrected chi connectivity index (χ2v) is 6.50. The lowest BCUT2D eigenvalue weighted by Crippen LogP contribution is -2.22. The smallest absolute Gasteiger partial charge is 0.267 e. The van der Waals surface area contributed by atoms with Crippen LogP contribution in [0.5, 0.6) is 0 Å². The molecule has 118 valence electrons. The molecule has 0 saturated carbocycles. The summed E-state index contributed by atoms with van der Waals surface area (Å²) in [5.74, 6) is 0. The highest BCUT2D eigenvalue weighted by Crippen LogP contribution is 2.21. The van der Waals surface area contributed by atoms with Crippen molar-refractivity contribution in [3.8, 4) is 0 Å². The van der Waals surface area contributed by atoms with Gasteiger partial charge in [0.2, 0.25) is 0 Å². The van der Waals surface area contributed by atoms with Crippen molar-refractivity contribution in [1.82, 2.24) is 9.38 Å². The Kier molecular flexibility index (Phi) is 3.17. The lowest BCUT2D eigenvalue weighted by atomic mass is 10.1. The second kappa shape index (κ2) is 5.24. The van der Waals surface area contributed by atoms with Gasteiger partial charge in [-0.3, -0.25) is 14.9 Å². The van der Waals surface area contributed by atoms with Gasteiger partial charge in [-0.1, -0.05) is 41.2 Å². The van der Waals surface area contributed by atoms with Crippen LogP contribution in [0, 0.1) is 17.0 Å². The monoisotopic (exact) mass is 337 g/mol. The van der Waals surface area contributed by atoms with Crippen molar-refractivity contribution < 1.29 is 4.92 Å². The molecule has 0 fully saturated rings. The Balaban J connectivity index is 1.98. The number of thiazole rings is 1. The van der Waals surface area contributed by atoms with Crippen LogP contribution in [0.25, 0.3) is 22.1 Å². The molecular weight excluding hydrogens is 326 g/mol. The molecule has 0 atom stereocenters. The molecule has 2 aromatic carbocycles. The Bertz CT molecular complexity index is 1210. The summed E-state index contributed by atoms with van der Waals surface area (Å²) in [6.07, 6.45) is 1.81. The first kappa shape index (κ1) is 14.5. The number of non-ortho nitro benzene ring substituents is 1. The molecule has 0 aliphatic carbocycles. The Hall–Kier alpha value is -3.06. The molecule has 4 rings (SSSR count). The number of nitrogens with zero attached hydrogens (tertiary/aromatic N) is 3. The van der Waals surface area contributed by atoms with E-state index in [0.29, 0.717) is 20.5 Å². The van der Waals surface area contributed by atoms with Gasteiger partial charge < -0.3 is 0 Å². The number of fused-ring (bicyclic) bond motifs is 3. The number of hydrogen-bond donors (Lipinski definition) is 0. The first-order valence-corrected chi connectivity index (χ1v) is 8.02. The van der Waals surface area contributed by atoms with Crippen LogP contribution in [0.15, 0.2) is 47.3 Å². The van der Waals surface area contributed by atoms with Crippen LogP contribution >= 0.6 is 11.3 Å². The maximum Gasteiger partial charge on any atom is 0.274 e. The average molecular weight is 337 g/mol. The van der Waals surface area contributed by atoms with Crippen LogP contribution in [0.4, 0.5) is 5.69 Å². The second-order valence-electron chi connectivity index (χ2n) is 5.49. The Morgan fingerprint density at radius 3 is 2.67 bits per heavy atom. The highest BCUT2D eigenvalue weighted by atomic mass is 32.1. The number of aryl methyl sites for hydroxylation is 1. The van der Waals surface area contributed by atoms with Gasteiger partial charge in [0.15, 0.2) is 4.96 Å². The highest BCUT2D eigenvalue weighted by Gasteiger charge is 2.14. The summed E-state index contributed by atoms with van der Waals surface area (Å²) in [4.78, 5) is 28.1. The number of rotatable bonds is 2. The van der Waals surface area contributed by atoms with E-state index in [4.69, 9.17) is 0 Å². The number of benzene rings is 2. The zero-order valence-corrected chi connectivity index (χ0v) is 13.4. The molecule has 0 spiro atoms. The van der Waals surface area contributed by atoms with Crippen LogP contribution in [-0.4, -0.2) is 14.3 Å². The average Bonchev–Trinajstić information content (AvgIpc) is 3.06. The number of hydrogen-bond acceptors (Lipinski definition) is 5.